The van der Waals surface area contributed by atoms with Crippen LogP contribution in [0.2, 0.25) is 0 Å². The number of amides is 1. The van der Waals surface area contributed by atoms with Crippen LogP contribution in [-0.4, -0.2) is 36.5 Å². The number of aromatic nitrogens is 4. The second-order valence-corrected chi connectivity index (χ2v) is 5.33. The van der Waals surface area contributed by atoms with E-state index < -0.39 is 5.97 Å². The maximum Gasteiger partial charge on any atom is 0.356 e. The highest BCUT2D eigenvalue weighted by Gasteiger charge is 2.15. The third-order valence-electron chi connectivity index (χ3n) is 3.58. The van der Waals surface area contributed by atoms with E-state index in [0.29, 0.717) is 6.54 Å². The summed E-state index contributed by atoms with van der Waals surface area (Å²) >= 11 is 0. The molecule has 2 aromatic heterocycles. The van der Waals surface area contributed by atoms with Crippen LogP contribution in [0.3, 0.4) is 0 Å². The van der Waals surface area contributed by atoms with Crippen LogP contribution in [0.1, 0.15) is 48.1 Å². The largest absolute Gasteiger partial charge is 0.476 e. The van der Waals surface area contributed by atoms with E-state index in [-0.39, 0.29) is 24.1 Å². The minimum absolute atomic E-state index is 0.0265. The molecule has 0 spiro atoms. The van der Waals surface area contributed by atoms with Crippen molar-refractivity contribution in [3.05, 3.63) is 35.4 Å². The monoisotopic (exact) mass is 319 g/mol. The first-order valence-corrected chi connectivity index (χ1v) is 7.50. The van der Waals surface area contributed by atoms with Crippen LogP contribution in [0, 0.1) is 6.92 Å². The fourth-order valence-corrected chi connectivity index (χ4v) is 2.33. The highest BCUT2D eigenvalue weighted by Crippen LogP contribution is 2.16. The molecule has 0 saturated carbocycles. The van der Waals surface area contributed by atoms with Gasteiger partial charge in [-0.2, -0.15) is 10.2 Å². The van der Waals surface area contributed by atoms with Crippen molar-refractivity contribution >= 4 is 11.9 Å². The first-order valence-electron chi connectivity index (χ1n) is 7.50. The number of hydrogen-bond donors (Lipinski definition) is 2. The summed E-state index contributed by atoms with van der Waals surface area (Å²) in [6.07, 6.45) is 3.72. The van der Waals surface area contributed by atoms with E-state index in [1.807, 2.05) is 31.6 Å². The molecule has 8 nitrogen and oxygen atoms in total. The number of carbonyl (C=O) groups excluding carboxylic acids is 1. The quantitative estimate of drug-likeness (QED) is 0.802. The van der Waals surface area contributed by atoms with E-state index in [2.05, 4.69) is 15.5 Å². The van der Waals surface area contributed by atoms with Crippen LogP contribution >= 0.6 is 0 Å². The molecule has 8 heteroatoms. The van der Waals surface area contributed by atoms with Crippen molar-refractivity contribution in [2.24, 2.45) is 0 Å². The summed E-state index contributed by atoms with van der Waals surface area (Å²) < 4.78 is 3.29. The zero-order valence-electron chi connectivity index (χ0n) is 13.5. The molecular weight excluding hydrogens is 298 g/mol. The molecule has 2 aromatic rings. The Balaban J connectivity index is 1.88. The topological polar surface area (TPSA) is 102 Å². The normalized spacial score (nSPS) is 12.1. The van der Waals surface area contributed by atoms with Crippen LogP contribution in [0.15, 0.2) is 18.5 Å². The molecule has 0 radical (unpaired) electrons. The van der Waals surface area contributed by atoms with Gasteiger partial charge in [0.05, 0.1) is 11.7 Å². The Bertz CT molecular complexity index is 704. The molecule has 0 bridgehead atoms. The third-order valence-corrected chi connectivity index (χ3v) is 3.58. The molecule has 0 aliphatic rings. The molecule has 2 rings (SSSR count). The first kappa shape index (κ1) is 16.7. The lowest BCUT2D eigenvalue weighted by atomic mass is 10.1. The van der Waals surface area contributed by atoms with Gasteiger partial charge in [0.25, 0.3) is 0 Å². The molecule has 124 valence electrons. The molecule has 2 heterocycles. The second-order valence-electron chi connectivity index (χ2n) is 5.33. The SMILES string of the molecule is CCn1cc(C(C)NC(=O)CCn2ccc(C(=O)O)n2)c(C)n1. The summed E-state index contributed by atoms with van der Waals surface area (Å²) in [5.41, 5.74) is 1.87. The predicted octanol–water partition coefficient (Wildman–Crippen LogP) is 1.37. The van der Waals surface area contributed by atoms with E-state index in [4.69, 9.17) is 5.11 Å². The summed E-state index contributed by atoms with van der Waals surface area (Å²) in [6, 6.07) is 1.28. The van der Waals surface area contributed by atoms with Gasteiger partial charge in [0.1, 0.15) is 0 Å². The van der Waals surface area contributed by atoms with E-state index in [0.717, 1.165) is 17.8 Å². The number of aryl methyl sites for hydroxylation is 3. The standard InChI is InChI=1S/C15H21N5O3/c1-4-19-9-12(11(3)17-19)10(2)16-14(21)6-8-20-7-5-13(18-20)15(22)23/h5,7,9-10H,4,6,8H2,1-3H3,(H,16,21)(H,22,23). The van der Waals surface area contributed by atoms with Gasteiger partial charge < -0.3 is 10.4 Å². The lowest BCUT2D eigenvalue weighted by molar-refractivity contribution is -0.122. The van der Waals surface area contributed by atoms with E-state index in [1.165, 1.54) is 10.7 Å². The lowest BCUT2D eigenvalue weighted by Crippen LogP contribution is -2.27. The van der Waals surface area contributed by atoms with Gasteiger partial charge in [0.2, 0.25) is 5.91 Å². The summed E-state index contributed by atoms with van der Waals surface area (Å²) in [5, 5.41) is 20.0. The van der Waals surface area contributed by atoms with Crippen molar-refractivity contribution in [1.29, 1.82) is 0 Å². The number of hydrogen-bond acceptors (Lipinski definition) is 4. The first-order chi connectivity index (χ1) is 10.9. The van der Waals surface area contributed by atoms with Crippen molar-refractivity contribution in [1.82, 2.24) is 24.9 Å². The summed E-state index contributed by atoms with van der Waals surface area (Å²) in [6.45, 7) is 6.96. The summed E-state index contributed by atoms with van der Waals surface area (Å²) in [4.78, 5) is 22.8. The summed E-state index contributed by atoms with van der Waals surface area (Å²) in [7, 11) is 0. The van der Waals surface area contributed by atoms with Gasteiger partial charge in [-0.25, -0.2) is 4.79 Å². The molecule has 2 N–H and O–H groups in total. The highest BCUT2D eigenvalue weighted by molar-refractivity contribution is 5.85. The van der Waals surface area contributed by atoms with E-state index in [1.54, 1.807) is 6.20 Å². The van der Waals surface area contributed by atoms with Crippen LogP contribution in [0.4, 0.5) is 0 Å². The van der Waals surface area contributed by atoms with Crippen molar-refractivity contribution in [2.45, 2.75) is 46.3 Å². The fraction of sp³-hybridized carbons (Fsp3) is 0.467. The van der Waals surface area contributed by atoms with Crippen molar-refractivity contribution in [3.63, 3.8) is 0 Å². The van der Waals surface area contributed by atoms with Crippen LogP contribution in [0.25, 0.3) is 0 Å². The van der Waals surface area contributed by atoms with Crippen LogP contribution in [-0.2, 0) is 17.9 Å². The lowest BCUT2D eigenvalue weighted by Gasteiger charge is -2.13. The molecule has 0 saturated heterocycles. The zero-order chi connectivity index (χ0) is 17.0. The minimum atomic E-state index is -1.08. The Kier molecular flexibility index (Phi) is 5.15. The minimum Gasteiger partial charge on any atom is -0.476 e. The van der Waals surface area contributed by atoms with Crippen LogP contribution < -0.4 is 5.32 Å². The molecule has 0 aliphatic carbocycles. The third kappa shape index (κ3) is 4.18. The van der Waals surface area contributed by atoms with Gasteiger partial charge in [0.15, 0.2) is 5.69 Å². The smallest absolute Gasteiger partial charge is 0.356 e. The number of carboxylic acids is 1. The number of carboxylic acid groups (broad SMARTS) is 1. The van der Waals surface area contributed by atoms with Gasteiger partial charge >= 0.3 is 5.97 Å². The van der Waals surface area contributed by atoms with Crippen molar-refractivity contribution in [2.75, 3.05) is 0 Å². The predicted molar refractivity (Wildman–Crippen MR) is 83.0 cm³/mol. The Morgan fingerprint density at radius 2 is 2.09 bits per heavy atom. The number of nitrogens with one attached hydrogen (secondary N) is 1. The average Bonchev–Trinajstić information content (AvgIpc) is 3.11. The van der Waals surface area contributed by atoms with E-state index >= 15 is 0 Å². The highest BCUT2D eigenvalue weighted by atomic mass is 16.4. The molecule has 0 aromatic carbocycles. The molecule has 1 amide bonds. The Morgan fingerprint density at radius 3 is 2.65 bits per heavy atom. The average molecular weight is 319 g/mol. The van der Waals surface area contributed by atoms with Gasteiger partial charge in [-0.15, -0.1) is 0 Å². The molecule has 0 aliphatic heterocycles. The van der Waals surface area contributed by atoms with Gasteiger partial charge in [-0.1, -0.05) is 0 Å². The van der Waals surface area contributed by atoms with Gasteiger partial charge in [-0.05, 0) is 26.8 Å². The Labute approximate surface area is 134 Å². The maximum absolute atomic E-state index is 12.0. The maximum atomic E-state index is 12.0. The van der Waals surface area contributed by atoms with Crippen molar-refractivity contribution < 1.29 is 14.7 Å². The number of aromatic carboxylic acids is 1. The van der Waals surface area contributed by atoms with Crippen molar-refractivity contribution in [3.8, 4) is 0 Å². The molecule has 1 unspecified atom stereocenters. The van der Waals surface area contributed by atoms with E-state index in [9.17, 15) is 9.59 Å². The fourth-order valence-electron chi connectivity index (χ4n) is 2.33. The Morgan fingerprint density at radius 1 is 1.35 bits per heavy atom. The van der Waals surface area contributed by atoms with Gasteiger partial charge in [0, 0.05) is 37.5 Å². The van der Waals surface area contributed by atoms with Gasteiger partial charge in [-0.3, -0.25) is 14.2 Å². The number of rotatable bonds is 7. The second kappa shape index (κ2) is 7.08. The Hall–Kier alpha value is -2.64. The molecule has 23 heavy (non-hydrogen) atoms. The summed E-state index contributed by atoms with van der Waals surface area (Å²) in [5.74, 6) is -1.20. The zero-order valence-corrected chi connectivity index (χ0v) is 13.5. The number of carbonyl (C=O) groups is 2. The molecule has 0 fully saturated rings. The van der Waals surface area contributed by atoms with Crippen LogP contribution in [0.5, 0.6) is 0 Å². The molecular formula is C15H21N5O3. The molecule has 1 atom stereocenters. The number of nitrogens with zero attached hydrogens (tertiary/aromatic N) is 4.